The molecule has 12 heteroatoms. The lowest BCUT2D eigenvalue weighted by atomic mass is 9.45. The zero-order chi connectivity index (χ0) is 41.3. The van der Waals surface area contributed by atoms with Crippen LogP contribution in [0, 0.1) is 32.7 Å². The van der Waals surface area contributed by atoms with E-state index in [0.29, 0.717) is 42.0 Å². The van der Waals surface area contributed by atoms with Crippen molar-refractivity contribution >= 4 is 40.1 Å². The zero-order valence-corrected chi connectivity index (χ0v) is 37.1. The summed E-state index contributed by atoms with van der Waals surface area (Å²) in [6, 6.07) is 19.1. The second-order valence-corrected chi connectivity index (χ2v) is 18.9. The van der Waals surface area contributed by atoms with Crippen LogP contribution in [0.2, 0.25) is 0 Å². The van der Waals surface area contributed by atoms with Crippen molar-refractivity contribution in [1.29, 1.82) is 0 Å². The van der Waals surface area contributed by atoms with Crippen LogP contribution < -0.4 is 20.3 Å². The molecular weight excluding hydrogens is 833 g/mol. The first-order valence-electron chi connectivity index (χ1n) is 20.2. The van der Waals surface area contributed by atoms with Crippen LogP contribution in [0.5, 0.6) is 5.75 Å². The normalized spacial score (nSPS) is 26.4. The number of ether oxygens (including phenoxy) is 1. The predicted molar refractivity (Wildman–Crippen MR) is 233 cm³/mol. The first-order valence-corrected chi connectivity index (χ1v) is 21.3. The molecule has 4 fully saturated rings. The Labute approximate surface area is 352 Å². The highest BCUT2D eigenvalue weighted by atomic mass is 127. The predicted octanol–water partition coefficient (Wildman–Crippen LogP) is 5.60. The van der Waals surface area contributed by atoms with Crippen LogP contribution in [0.15, 0.2) is 60.7 Å². The highest BCUT2D eigenvalue weighted by molar-refractivity contribution is 14.1. The molecule has 0 unspecified atom stereocenters. The number of hydrogen-bond donors (Lipinski definition) is 4. The molecule has 2 amide bonds. The van der Waals surface area contributed by atoms with Gasteiger partial charge >= 0.3 is 0 Å². The molecule has 0 spiro atoms. The lowest BCUT2D eigenvalue weighted by molar-refractivity contribution is -0.183. The van der Waals surface area contributed by atoms with E-state index in [1.165, 1.54) is 6.42 Å². The lowest BCUT2D eigenvalue weighted by Crippen LogP contribution is -2.62. The lowest BCUT2D eigenvalue weighted by Gasteiger charge is -2.62. The van der Waals surface area contributed by atoms with E-state index in [1.807, 2.05) is 75.6 Å². The average Bonchev–Trinajstić information content (AvgIpc) is 3.53. The Kier molecular flexibility index (Phi) is 13.6. The van der Waals surface area contributed by atoms with Gasteiger partial charge in [-0.25, -0.2) is 0 Å². The molecule has 3 aliphatic carbocycles. The fraction of sp³-hybridized carbons (Fsp3) is 0.556. The van der Waals surface area contributed by atoms with E-state index in [0.717, 1.165) is 37.9 Å². The van der Waals surface area contributed by atoms with Crippen LogP contribution in [-0.4, -0.2) is 111 Å². The third-order valence-corrected chi connectivity index (χ3v) is 13.7. The Hall–Kier alpha value is -3.27. The standard InChI is InChI=1S/C45H62IN5O6/c1-26-37-21-32(45(37,3)4)22-38(26)48-44(55)41-40(27(2)53)39(25-52)57-51(41)23-29-13-11-15-36(42(29)56-9)30-18-31(20-35(19-30)50(7)8)43(54)47-34(24-49(5)6)17-28-12-10-14-33(46)16-28/h10-16,18-20,26-27,32,34,37-41,52-53H,17,21-25H2,1-9H3,(H,47,54)(H,48,55)/t26-,27-,32+,34-,37-,38-,39-,40+,41-/m0/s1. The number of hydroxylamine groups is 2. The highest BCUT2D eigenvalue weighted by Gasteiger charge is 2.57. The maximum absolute atomic E-state index is 14.3. The number of likely N-dealkylation sites (N-methyl/N-ethyl adjacent to an activating group) is 1. The molecular formula is C45H62IN5O6. The van der Waals surface area contributed by atoms with Gasteiger partial charge in [0, 0.05) is 64.6 Å². The minimum Gasteiger partial charge on any atom is -0.496 e. The topological polar surface area (TPSA) is 127 Å². The highest BCUT2D eigenvalue weighted by Crippen LogP contribution is 2.61. The minimum atomic E-state index is -0.903. The Morgan fingerprint density at radius 3 is 2.42 bits per heavy atom. The van der Waals surface area contributed by atoms with Gasteiger partial charge in [-0.15, -0.1) is 0 Å². The fourth-order valence-corrected chi connectivity index (χ4v) is 10.4. The number of nitrogens with zero attached hydrogens (tertiary/aromatic N) is 3. The summed E-state index contributed by atoms with van der Waals surface area (Å²) in [6.07, 6.45) is 1.16. The van der Waals surface area contributed by atoms with Gasteiger partial charge in [-0.3, -0.25) is 14.4 Å². The van der Waals surface area contributed by atoms with Crippen LogP contribution >= 0.6 is 22.6 Å². The maximum atomic E-state index is 14.3. The number of carbonyl (C=O) groups is 2. The summed E-state index contributed by atoms with van der Waals surface area (Å²) in [5, 5.41) is 29.7. The number of amides is 2. The number of hydrogen-bond acceptors (Lipinski definition) is 9. The number of aliphatic hydroxyl groups is 2. The summed E-state index contributed by atoms with van der Waals surface area (Å²) in [6.45, 7) is 9.07. The van der Waals surface area contributed by atoms with E-state index in [2.05, 4.69) is 77.1 Å². The van der Waals surface area contributed by atoms with Gasteiger partial charge < -0.3 is 35.4 Å². The molecule has 1 aliphatic heterocycles. The van der Waals surface area contributed by atoms with Gasteiger partial charge in [0.15, 0.2) is 0 Å². The molecule has 3 aromatic rings. The smallest absolute Gasteiger partial charge is 0.251 e. The van der Waals surface area contributed by atoms with Crippen molar-refractivity contribution in [1.82, 2.24) is 20.6 Å². The van der Waals surface area contributed by atoms with Crippen molar-refractivity contribution in [2.45, 2.75) is 83.8 Å². The number of benzene rings is 3. The van der Waals surface area contributed by atoms with Crippen LogP contribution in [-0.2, 0) is 22.6 Å². The van der Waals surface area contributed by atoms with Gasteiger partial charge in [0.2, 0.25) is 5.91 Å². The van der Waals surface area contributed by atoms with Crippen molar-refractivity contribution in [3.63, 3.8) is 0 Å². The summed E-state index contributed by atoms with van der Waals surface area (Å²) in [5.74, 6) is 1.02. The van der Waals surface area contributed by atoms with E-state index < -0.39 is 24.2 Å². The molecule has 1 heterocycles. The van der Waals surface area contributed by atoms with E-state index >= 15 is 0 Å². The van der Waals surface area contributed by atoms with Gasteiger partial charge in [-0.2, -0.15) is 5.06 Å². The second kappa shape index (κ2) is 17.9. The van der Waals surface area contributed by atoms with Crippen molar-refractivity contribution < 1.29 is 29.4 Å². The summed E-state index contributed by atoms with van der Waals surface area (Å²) in [7, 11) is 9.53. The number of methoxy groups -OCH3 is 1. The number of anilines is 1. The van der Waals surface area contributed by atoms with Gasteiger partial charge in [-0.1, -0.05) is 51.1 Å². The Morgan fingerprint density at radius 2 is 1.81 bits per heavy atom. The number of carbonyl (C=O) groups excluding carboxylic acids is 2. The van der Waals surface area contributed by atoms with E-state index in [4.69, 9.17) is 9.57 Å². The molecule has 2 bridgehead atoms. The molecule has 1 saturated heterocycles. The molecule has 4 N–H and O–H groups in total. The van der Waals surface area contributed by atoms with Crippen molar-refractivity contribution in [2.75, 3.05) is 53.4 Å². The van der Waals surface area contributed by atoms with Crippen LogP contribution in [0.25, 0.3) is 11.1 Å². The number of aliphatic hydroxyl groups excluding tert-OH is 2. The van der Waals surface area contributed by atoms with Crippen LogP contribution in [0.1, 0.15) is 62.0 Å². The SMILES string of the molecule is COc1c(CN2O[C@@H](CO)[C@@H]([C@H](C)O)[C@H]2C(=O)N[C@H]2C[C@H]3C[C@@H]([C@@H]2C)C3(C)C)cccc1-c1cc(C(=O)N[C@@H](Cc2cccc(I)c2)CN(C)C)cc(N(C)C)c1. The molecule has 4 aliphatic rings. The van der Waals surface area contributed by atoms with Gasteiger partial charge in [0.25, 0.3) is 5.91 Å². The van der Waals surface area contributed by atoms with Crippen molar-refractivity contribution in [3.05, 3.63) is 80.9 Å². The van der Waals surface area contributed by atoms with Crippen LogP contribution in [0.3, 0.4) is 0 Å². The number of nitrogens with one attached hydrogen (secondary N) is 2. The monoisotopic (exact) mass is 895 g/mol. The molecule has 11 nitrogen and oxygen atoms in total. The van der Waals surface area contributed by atoms with Gasteiger partial charge in [0.1, 0.15) is 17.9 Å². The minimum absolute atomic E-state index is 0.0348. The summed E-state index contributed by atoms with van der Waals surface area (Å²) >= 11 is 2.32. The van der Waals surface area contributed by atoms with E-state index in [-0.39, 0.29) is 42.5 Å². The number of fused-ring (bicyclic) bond motifs is 2. The van der Waals surface area contributed by atoms with E-state index in [9.17, 15) is 19.8 Å². The molecule has 0 aromatic heterocycles. The molecule has 57 heavy (non-hydrogen) atoms. The quantitative estimate of drug-likeness (QED) is 0.145. The third-order valence-electron chi connectivity index (χ3n) is 13.0. The Balaban J connectivity index is 1.28. The molecule has 0 radical (unpaired) electrons. The van der Waals surface area contributed by atoms with Crippen molar-refractivity contribution in [3.8, 4) is 16.9 Å². The molecule has 9 atom stereocenters. The molecule has 3 aromatic carbocycles. The Bertz CT molecular complexity index is 1900. The van der Waals surface area contributed by atoms with Crippen molar-refractivity contribution in [2.24, 2.45) is 29.1 Å². The molecule has 3 saturated carbocycles. The van der Waals surface area contributed by atoms with Gasteiger partial charge in [-0.05, 0) is 127 Å². The Morgan fingerprint density at radius 1 is 1.07 bits per heavy atom. The zero-order valence-electron chi connectivity index (χ0n) is 35.0. The summed E-state index contributed by atoms with van der Waals surface area (Å²) < 4.78 is 7.27. The third kappa shape index (κ3) is 9.31. The maximum Gasteiger partial charge on any atom is 0.251 e. The number of halogens is 1. The fourth-order valence-electron chi connectivity index (χ4n) is 9.81. The second-order valence-electron chi connectivity index (χ2n) is 17.7. The molecule has 310 valence electrons. The molecule has 7 rings (SSSR count). The van der Waals surface area contributed by atoms with Gasteiger partial charge in [0.05, 0.1) is 26.4 Å². The first kappa shape index (κ1) is 43.3. The number of rotatable bonds is 15. The summed E-state index contributed by atoms with van der Waals surface area (Å²) in [4.78, 5) is 38.8. The summed E-state index contributed by atoms with van der Waals surface area (Å²) in [5.41, 5.74) is 5.16. The average molecular weight is 896 g/mol. The van der Waals surface area contributed by atoms with E-state index in [1.54, 1.807) is 19.1 Å². The number of para-hydroxylation sites is 1. The first-order chi connectivity index (χ1) is 27.0. The van der Waals surface area contributed by atoms with Crippen LogP contribution in [0.4, 0.5) is 5.69 Å². The largest absolute Gasteiger partial charge is 0.496 e.